The van der Waals surface area contributed by atoms with Gasteiger partial charge in [0.15, 0.2) is 12.6 Å². The number of ether oxygens (including phenoxy) is 2. The smallest absolute Gasteiger partial charge is 0.163 e. The molecule has 0 aromatic heterocycles. The summed E-state index contributed by atoms with van der Waals surface area (Å²) in [5, 5.41) is 1.08. The van der Waals surface area contributed by atoms with Gasteiger partial charge in [0.2, 0.25) is 0 Å². The van der Waals surface area contributed by atoms with Crippen molar-refractivity contribution in [2.24, 2.45) is 0 Å². The zero-order chi connectivity index (χ0) is 7.40. The van der Waals surface area contributed by atoms with Crippen molar-refractivity contribution in [1.82, 2.24) is 0 Å². The standard InChI is InChI=1S/C7H13BrO2/c1-6-9-7(10-6)4-2-3-5-8/h6-7H,2-5H2,1H3. The molecule has 0 aliphatic carbocycles. The Balaban J connectivity index is 1.86. The number of hydrogen-bond acceptors (Lipinski definition) is 2. The first-order valence-corrected chi connectivity index (χ1v) is 4.82. The van der Waals surface area contributed by atoms with Gasteiger partial charge in [-0.3, -0.25) is 0 Å². The maximum atomic E-state index is 5.25. The molecule has 0 aromatic rings. The van der Waals surface area contributed by atoms with Crippen LogP contribution < -0.4 is 0 Å². The topological polar surface area (TPSA) is 18.5 Å². The Morgan fingerprint density at radius 1 is 1.30 bits per heavy atom. The second kappa shape index (κ2) is 4.31. The van der Waals surface area contributed by atoms with Crippen molar-refractivity contribution < 1.29 is 9.47 Å². The monoisotopic (exact) mass is 208 g/mol. The molecule has 0 unspecified atom stereocenters. The van der Waals surface area contributed by atoms with Crippen molar-refractivity contribution in [2.75, 3.05) is 5.33 Å². The van der Waals surface area contributed by atoms with Crippen LogP contribution in [0.25, 0.3) is 0 Å². The average Bonchev–Trinajstić information content (AvgIpc) is 1.85. The molecule has 10 heavy (non-hydrogen) atoms. The van der Waals surface area contributed by atoms with Crippen LogP contribution in [0.3, 0.4) is 0 Å². The van der Waals surface area contributed by atoms with Crippen molar-refractivity contribution >= 4 is 15.9 Å². The summed E-state index contributed by atoms with van der Waals surface area (Å²) < 4.78 is 10.5. The number of unbranched alkanes of at least 4 members (excludes halogenated alkanes) is 1. The molecule has 1 saturated heterocycles. The predicted molar refractivity (Wildman–Crippen MR) is 43.1 cm³/mol. The number of alkyl halides is 1. The van der Waals surface area contributed by atoms with Crippen molar-refractivity contribution in [1.29, 1.82) is 0 Å². The summed E-state index contributed by atoms with van der Waals surface area (Å²) in [6.45, 7) is 1.92. The molecule has 60 valence electrons. The Hall–Kier alpha value is 0.400. The van der Waals surface area contributed by atoms with E-state index in [1.54, 1.807) is 0 Å². The van der Waals surface area contributed by atoms with E-state index in [9.17, 15) is 0 Å². The fourth-order valence-corrected chi connectivity index (χ4v) is 1.38. The molecule has 1 aliphatic heterocycles. The second-order valence-corrected chi connectivity index (χ2v) is 3.25. The van der Waals surface area contributed by atoms with Crippen LogP contribution in [0.1, 0.15) is 26.2 Å². The molecule has 0 radical (unpaired) electrons. The maximum absolute atomic E-state index is 5.25. The molecule has 0 spiro atoms. The fraction of sp³-hybridized carbons (Fsp3) is 1.00. The molecule has 0 saturated carbocycles. The predicted octanol–water partition coefficient (Wildman–Crippen LogP) is 2.27. The molecule has 1 rings (SSSR count). The van der Waals surface area contributed by atoms with E-state index in [-0.39, 0.29) is 12.6 Å². The van der Waals surface area contributed by atoms with Gasteiger partial charge in [0, 0.05) is 5.33 Å². The van der Waals surface area contributed by atoms with Crippen molar-refractivity contribution in [3.05, 3.63) is 0 Å². The van der Waals surface area contributed by atoms with E-state index in [4.69, 9.17) is 9.47 Å². The molecule has 1 aliphatic rings. The van der Waals surface area contributed by atoms with Gasteiger partial charge in [-0.15, -0.1) is 0 Å². The molecule has 3 heteroatoms. The summed E-state index contributed by atoms with van der Waals surface area (Å²) in [5.41, 5.74) is 0. The minimum atomic E-state index is 0.0361. The third-order valence-corrected chi connectivity index (χ3v) is 2.07. The van der Waals surface area contributed by atoms with Gasteiger partial charge in [0.25, 0.3) is 0 Å². The summed E-state index contributed by atoms with van der Waals surface area (Å²) in [7, 11) is 0. The average molecular weight is 209 g/mol. The molecule has 1 heterocycles. The summed E-state index contributed by atoms with van der Waals surface area (Å²) in [5.74, 6) is 0. The molecular weight excluding hydrogens is 196 g/mol. The summed E-state index contributed by atoms with van der Waals surface area (Å²) in [4.78, 5) is 0. The van der Waals surface area contributed by atoms with E-state index < -0.39 is 0 Å². The van der Waals surface area contributed by atoms with Gasteiger partial charge in [-0.05, 0) is 26.2 Å². The minimum absolute atomic E-state index is 0.0361. The van der Waals surface area contributed by atoms with Crippen LogP contribution in [-0.4, -0.2) is 17.9 Å². The summed E-state index contributed by atoms with van der Waals surface area (Å²) in [6.07, 6.45) is 3.55. The highest BCUT2D eigenvalue weighted by Crippen LogP contribution is 2.20. The lowest BCUT2D eigenvalue weighted by molar-refractivity contribution is -0.377. The van der Waals surface area contributed by atoms with Crippen molar-refractivity contribution in [3.63, 3.8) is 0 Å². The van der Waals surface area contributed by atoms with Crippen molar-refractivity contribution in [3.8, 4) is 0 Å². The molecule has 1 fully saturated rings. The lowest BCUT2D eigenvalue weighted by Gasteiger charge is -2.33. The Labute approximate surface area is 70.0 Å². The Kier molecular flexibility index (Phi) is 3.66. The largest absolute Gasteiger partial charge is 0.324 e. The highest BCUT2D eigenvalue weighted by atomic mass is 79.9. The fourth-order valence-electron chi connectivity index (χ4n) is 0.979. The van der Waals surface area contributed by atoms with Gasteiger partial charge in [-0.25, -0.2) is 0 Å². The SMILES string of the molecule is CC1OC(CCCCBr)O1. The third kappa shape index (κ3) is 2.56. The van der Waals surface area contributed by atoms with E-state index in [2.05, 4.69) is 15.9 Å². The summed E-state index contributed by atoms with van der Waals surface area (Å²) in [6, 6.07) is 0. The van der Waals surface area contributed by atoms with Crippen LogP contribution >= 0.6 is 15.9 Å². The Morgan fingerprint density at radius 2 is 2.00 bits per heavy atom. The number of rotatable bonds is 4. The Bertz CT molecular complexity index is 91.6. The zero-order valence-corrected chi connectivity index (χ0v) is 7.76. The zero-order valence-electron chi connectivity index (χ0n) is 6.18. The first kappa shape index (κ1) is 8.50. The van der Waals surface area contributed by atoms with Gasteiger partial charge >= 0.3 is 0 Å². The molecule has 2 nitrogen and oxygen atoms in total. The van der Waals surface area contributed by atoms with Crippen LogP contribution in [0, 0.1) is 0 Å². The van der Waals surface area contributed by atoms with E-state index >= 15 is 0 Å². The van der Waals surface area contributed by atoms with E-state index in [0.29, 0.717) is 0 Å². The van der Waals surface area contributed by atoms with Crippen LogP contribution in [-0.2, 0) is 9.47 Å². The normalized spacial score (nSPS) is 31.8. The van der Waals surface area contributed by atoms with Crippen LogP contribution in [0.4, 0.5) is 0 Å². The third-order valence-electron chi connectivity index (χ3n) is 1.51. The molecular formula is C7H13BrO2. The lowest BCUT2D eigenvalue weighted by Crippen LogP contribution is -2.38. The first-order chi connectivity index (χ1) is 4.83. The highest BCUT2D eigenvalue weighted by Gasteiger charge is 2.25. The van der Waals surface area contributed by atoms with E-state index in [1.807, 2.05) is 6.92 Å². The second-order valence-electron chi connectivity index (χ2n) is 2.45. The van der Waals surface area contributed by atoms with Crippen LogP contribution in [0.15, 0.2) is 0 Å². The van der Waals surface area contributed by atoms with Gasteiger partial charge in [0.05, 0.1) is 0 Å². The highest BCUT2D eigenvalue weighted by molar-refractivity contribution is 9.09. The van der Waals surface area contributed by atoms with Crippen LogP contribution in [0.5, 0.6) is 0 Å². The Morgan fingerprint density at radius 3 is 2.50 bits per heavy atom. The molecule has 0 aromatic carbocycles. The quantitative estimate of drug-likeness (QED) is 0.522. The van der Waals surface area contributed by atoms with Crippen LogP contribution in [0.2, 0.25) is 0 Å². The number of halogens is 1. The van der Waals surface area contributed by atoms with Gasteiger partial charge < -0.3 is 9.47 Å². The van der Waals surface area contributed by atoms with E-state index in [0.717, 1.165) is 11.8 Å². The van der Waals surface area contributed by atoms with Gasteiger partial charge in [-0.2, -0.15) is 0 Å². The molecule has 0 amide bonds. The maximum Gasteiger partial charge on any atom is 0.163 e. The minimum Gasteiger partial charge on any atom is -0.324 e. The lowest BCUT2D eigenvalue weighted by atomic mass is 10.2. The van der Waals surface area contributed by atoms with Gasteiger partial charge in [0.1, 0.15) is 0 Å². The van der Waals surface area contributed by atoms with E-state index in [1.165, 1.54) is 12.8 Å². The first-order valence-electron chi connectivity index (χ1n) is 3.70. The van der Waals surface area contributed by atoms with Crippen molar-refractivity contribution in [2.45, 2.75) is 38.8 Å². The molecule has 0 atom stereocenters. The molecule has 0 bridgehead atoms. The summed E-state index contributed by atoms with van der Waals surface area (Å²) >= 11 is 3.37. The molecule has 0 N–H and O–H groups in total. The van der Waals surface area contributed by atoms with Gasteiger partial charge in [-0.1, -0.05) is 15.9 Å². The number of hydrogen-bond donors (Lipinski definition) is 0.